The Bertz CT molecular complexity index is 525. The van der Waals surface area contributed by atoms with Gasteiger partial charge >= 0.3 is 0 Å². The van der Waals surface area contributed by atoms with Crippen molar-refractivity contribution in [3.05, 3.63) is 46.2 Å². The van der Waals surface area contributed by atoms with Crippen molar-refractivity contribution in [2.45, 2.75) is 13.5 Å². The van der Waals surface area contributed by atoms with Gasteiger partial charge in [-0.25, -0.2) is 9.37 Å². The summed E-state index contributed by atoms with van der Waals surface area (Å²) in [6, 6.07) is 4.18. The number of carbonyl (C=O) groups excluding carboxylic acids is 1. The smallest absolute Gasteiger partial charge is 0.165 e. The molecule has 0 saturated carbocycles. The third kappa shape index (κ3) is 2.88. The summed E-state index contributed by atoms with van der Waals surface area (Å²) in [5.41, 5.74) is 2.78. The lowest BCUT2D eigenvalue weighted by molar-refractivity contribution is 0.101. The van der Waals surface area contributed by atoms with Crippen LogP contribution >= 0.6 is 11.3 Å². The standard InChI is InChI=1S/C12H10FNO2S/c1-8(15)9-2-3-12(11(13)4-9)16-5-10-6-17-7-14-10/h2-4,6-7H,5H2,1H3. The van der Waals surface area contributed by atoms with E-state index in [4.69, 9.17) is 4.74 Å². The number of ketones is 1. The van der Waals surface area contributed by atoms with Gasteiger partial charge in [-0.1, -0.05) is 0 Å². The predicted octanol–water partition coefficient (Wildman–Crippen LogP) is 3.06. The third-order valence-corrected chi connectivity index (χ3v) is 2.83. The summed E-state index contributed by atoms with van der Waals surface area (Å²) in [5, 5.41) is 1.84. The average molecular weight is 251 g/mol. The topological polar surface area (TPSA) is 39.2 Å². The predicted molar refractivity (Wildman–Crippen MR) is 62.9 cm³/mol. The zero-order valence-corrected chi connectivity index (χ0v) is 9.96. The maximum atomic E-state index is 13.5. The van der Waals surface area contributed by atoms with Crippen molar-refractivity contribution in [3.8, 4) is 5.75 Å². The molecule has 0 fully saturated rings. The zero-order chi connectivity index (χ0) is 12.3. The highest BCUT2D eigenvalue weighted by Crippen LogP contribution is 2.19. The molecule has 0 radical (unpaired) electrons. The number of hydrogen-bond acceptors (Lipinski definition) is 4. The van der Waals surface area contributed by atoms with Gasteiger partial charge in [0.25, 0.3) is 0 Å². The van der Waals surface area contributed by atoms with Crippen LogP contribution in [0.3, 0.4) is 0 Å². The first-order chi connectivity index (χ1) is 8.16. The first-order valence-electron chi connectivity index (χ1n) is 4.97. The van der Waals surface area contributed by atoms with E-state index in [0.717, 1.165) is 5.69 Å². The van der Waals surface area contributed by atoms with Gasteiger partial charge in [-0.2, -0.15) is 0 Å². The van der Waals surface area contributed by atoms with Gasteiger partial charge in [0.15, 0.2) is 17.3 Å². The molecule has 0 aliphatic carbocycles. The van der Waals surface area contributed by atoms with Crippen LogP contribution in [0.1, 0.15) is 23.0 Å². The molecule has 5 heteroatoms. The van der Waals surface area contributed by atoms with Crippen molar-refractivity contribution in [3.63, 3.8) is 0 Å². The Hall–Kier alpha value is -1.75. The van der Waals surface area contributed by atoms with Crippen LogP contribution in [-0.2, 0) is 6.61 Å². The number of halogens is 1. The van der Waals surface area contributed by atoms with Crippen molar-refractivity contribution in [2.24, 2.45) is 0 Å². The second kappa shape index (κ2) is 5.05. The van der Waals surface area contributed by atoms with Gasteiger partial charge in [-0.05, 0) is 25.1 Å². The molecule has 2 aromatic rings. The third-order valence-electron chi connectivity index (χ3n) is 2.20. The van der Waals surface area contributed by atoms with Crippen LogP contribution in [0.5, 0.6) is 5.75 Å². The highest BCUT2D eigenvalue weighted by molar-refractivity contribution is 7.07. The molecule has 0 atom stereocenters. The lowest BCUT2D eigenvalue weighted by atomic mass is 10.1. The van der Waals surface area contributed by atoms with Gasteiger partial charge in [-0.15, -0.1) is 11.3 Å². The maximum Gasteiger partial charge on any atom is 0.165 e. The van der Waals surface area contributed by atoms with Crippen LogP contribution in [0.2, 0.25) is 0 Å². The summed E-state index contributed by atoms with van der Waals surface area (Å²) in [6.07, 6.45) is 0. The molecule has 0 bridgehead atoms. The monoisotopic (exact) mass is 251 g/mol. The van der Waals surface area contributed by atoms with E-state index in [-0.39, 0.29) is 18.1 Å². The molecule has 0 aliphatic rings. The molecule has 0 saturated heterocycles. The molecule has 0 amide bonds. The van der Waals surface area contributed by atoms with Gasteiger partial charge in [0, 0.05) is 10.9 Å². The number of benzene rings is 1. The van der Waals surface area contributed by atoms with E-state index in [9.17, 15) is 9.18 Å². The van der Waals surface area contributed by atoms with E-state index < -0.39 is 5.82 Å². The minimum absolute atomic E-state index is 0.128. The number of aromatic nitrogens is 1. The summed E-state index contributed by atoms with van der Waals surface area (Å²) in [7, 11) is 0. The Morgan fingerprint density at radius 3 is 2.94 bits per heavy atom. The van der Waals surface area contributed by atoms with Crippen LogP contribution in [0, 0.1) is 5.82 Å². The summed E-state index contributed by atoms with van der Waals surface area (Å²) >= 11 is 1.46. The normalized spacial score (nSPS) is 10.2. The lowest BCUT2D eigenvalue weighted by Gasteiger charge is -2.06. The van der Waals surface area contributed by atoms with E-state index >= 15 is 0 Å². The van der Waals surface area contributed by atoms with Crippen molar-refractivity contribution in [2.75, 3.05) is 0 Å². The molecule has 1 aromatic heterocycles. The van der Waals surface area contributed by atoms with Gasteiger partial charge in [-0.3, -0.25) is 4.79 Å². The fraction of sp³-hybridized carbons (Fsp3) is 0.167. The van der Waals surface area contributed by atoms with E-state index in [1.807, 2.05) is 5.38 Å². The molecule has 88 valence electrons. The van der Waals surface area contributed by atoms with Crippen molar-refractivity contribution >= 4 is 17.1 Å². The van der Waals surface area contributed by atoms with Gasteiger partial charge in [0.1, 0.15) is 6.61 Å². The highest BCUT2D eigenvalue weighted by Gasteiger charge is 2.07. The lowest BCUT2D eigenvalue weighted by Crippen LogP contribution is -1.99. The summed E-state index contributed by atoms with van der Waals surface area (Å²) in [6.45, 7) is 1.62. The molecule has 0 N–H and O–H groups in total. The Kier molecular flexibility index (Phi) is 3.49. The number of nitrogens with zero attached hydrogens (tertiary/aromatic N) is 1. The fourth-order valence-electron chi connectivity index (χ4n) is 1.30. The molecule has 0 spiro atoms. The minimum atomic E-state index is -0.534. The Labute approximate surface area is 102 Å². The quantitative estimate of drug-likeness (QED) is 0.784. The second-order valence-electron chi connectivity index (χ2n) is 3.47. The minimum Gasteiger partial charge on any atom is -0.484 e. The fourth-order valence-corrected chi connectivity index (χ4v) is 1.84. The molecule has 17 heavy (non-hydrogen) atoms. The zero-order valence-electron chi connectivity index (χ0n) is 9.14. The highest BCUT2D eigenvalue weighted by atomic mass is 32.1. The van der Waals surface area contributed by atoms with Crippen LogP contribution in [0.4, 0.5) is 4.39 Å². The largest absolute Gasteiger partial charge is 0.484 e. The number of hydrogen-bond donors (Lipinski definition) is 0. The summed E-state index contributed by atoms with van der Waals surface area (Å²) < 4.78 is 18.8. The molecular weight excluding hydrogens is 241 g/mol. The Morgan fingerprint density at radius 2 is 2.35 bits per heavy atom. The van der Waals surface area contributed by atoms with E-state index in [1.54, 1.807) is 11.6 Å². The van der Waals surface area contributed by atoms with Gasteiger partial charge in [0.05, 0.1) is 11.2 Å². The number of rotatable bonds is 4. The van der Waals surface area contributed by atoms with Crippen molar-refractivity contribution in [1.29, 1.82) is 0 Å². The van der Waals surface area contributed by atoms with Crippen LogP contribution in [0.25, 0.3) is 0 Å². The van der Waals surface area contributed by atoms with Gasteiger partial charge < -0.3 is 4.74 Å². The van der Waals surface area contributed by atoms with Crippen molar-refractivity contribution in [1.82, 2.24) is 4.98 Å². The first-order valence-corrected chi connectivity index (χ1v) is 5.91. The van der Waals surface area contributed by atoms with E-state index in [0.29, 0.717) is 5.56 Å². The van der Waals surface area contributed by atoms with Crippen LogP contribution < -0.4 is 4.74 Å². The number of ether oxygens (including phenoxy) is 1. The van der Waals surface area contributed by atoms with Gasteiger partial charge in [0.2, 0.25) is 0 Å². The second-order valence-corrected chi connectivity index (χ2v) is 4.19. The number of Topliss-reactive ketones (excluding diaryl/α,β-unsaturated/α-hetero) is 1. The Balaban J connectivity index is 2.09. The summed E-state index contributed by atoms with van der Waals surface area (Å²) in [5.74, 6) is -0.578. The molecule has 1 aromatic carbocycles. The van der Waals surface area contributed by atoms with Crippen LogP contribution in [0.15, 0.2) is 29.1 Å². The number of thiazole rings is 1. The molecular formula is C12H10FNO2S. The van der Waals surface area contributed by atoms with E-state index in [2.05, 4.69) is 4.98 Å². The summed E-state index contributed by atoms with van der Waals surface area (Å²) in [4.78, 5) is 15.1. The van der Waals surface area contributed by atoms with Crippen LogP contribution in [-0.4, -0.2) is 10.8 Å². The Morgan fingerprint density at radius 1 is 1.53 bits per heavy atom. The molecule has 1 heterocycles. The van der Waals surface area contributed by atoms with Crippen molar-refractivity contribution < 1.29 is 13.9 Å². The van der Waals surface area contributed by atoms with E-state index in [1.165, 1.54) is 30.4 Å². The molecule has 3 nitrogen and oxygen atoms in total. The SMILES string of the molecule is CC(=O)c1ccc(OCc2cscn2)c(F)c1. The molecule has 2 rings (SSSR count). The molecule has 0 aliphatic heterocycles. The first kappa shape index (κ1) is 11.7. The molecule has 0 unspecified atom stereocenters. The number of carbonyl (C=O) groups is 1. The average Bonchev–Trinajstić information content (AvgIpc) is 2.80. The maximum absolute atomic E-state index is 13.5.